The van der Waals surface area contributed by atoms with Crippen LogP contribution in [0.15, 0.2) is 24.3 Å². The molecule has 1 spiro atoms. The van der Waals surface area contributed by atoms with Crippen molar-refractivity contribution < 1.29 is 0 Å². The van der Waals surface area contributed by atoms with E-state index in [1.165, 1.54) is 38.8 Å². The predicted molar refractivity (Wildman–Crippen MR) is 72.5 cm³/mol. The molecule has 1 heterocycles. The average molecular weight is 229 g/mol. The van der Waals surface area contributed by atoms with Gasteiger partial charge in [0.05, 0.1) is 0 Å². The zero-order valence-electron chi connectivity index (χ0n) is 11.1. The second kappa shape index (κ2) is 4.13. The lowest BCUT2D eigenvalue weighted by molar-refractivity contribution is 0.166. The van der Waals surface area contributed by atoms with E-state index in [0.29, 0.717) is 5.41 Å². The number of benzene rings is 1. The second-order valence-electron chi connectivity index (χ2n) is 6.11. The van der Waals surface area contributed by atoms with Crippen molar-refractivity contribution >= 4 is 0 Å². The third-order valence-electron chi connectivity index (χ3n) is 5.06. The zero-order valence-corrected chi connectivity index (χ0v) is 11.1. The third kappa shape index (κ3) is 1.81. The molecule has 3 rings (SSSR count). The first kappa shape index (κ1) is 11.3. The average Bonchev–Trinajstić information content (AvgIpc) is 2.38. The van der Waals surface area contributed by atoms with Crippen LogP contribution in [-0.4, -0.2) is 25.0 Å². The molecule has 92 valence electrons. The van der Waals surface area contributed by atoms with Gasteiger partial charge in [-0.2, -0.15) is 0 Å². The van der Waals surface area contributed by atoms with Crippen molar-refractivity contribution in [3.05, 3.63) is 35.4 Å². The van der Waals surface area contributed by atoms with Gasteiger partial charge in [-0.25, -0.2) is 0 Å². The molecule has 1 aromatic rings. The van der Waals surface area contributed by atoms with Crippen molar-refractivity contribution in [2.75, 3.05) is 20.1 Å². The molecule has 0 aromatic heterocycles. The van der Waals surface area contributed by atoms with Gasteiger partial charge in [0.25, 0.3) is 0 Å². The van der Waals surface area contributed by atoms with Gasteiger partial charge >= 0.3 is 0 Å². The highest BCUT2D eigenvalue weighted by atomic mass is 15.1. The van der Waals surface area contributed by atoms with Gasteiger partial charge in [-0.3, -0.25) is 0 Å². The highest BCUT2D eigenvalue weighted by Gasteiger charge is 2.40. The van der Waals surface area contributed by atoms with E-state index >= 15 is 0 Å². The third-order valence-corrected chi connectivity index (χ3v) is 5.06. The SMILES string of the molecule is CC1CCC2(CCN(C)CC2)c2ccccc21. The van der Waals surface area contributed by atoms with Crippen LogP contribution >= 0.6 is 0 Å². The summed E-state index contributed by atoms with van der Waals surface area (Å²) in [5, 5.41) is 0. The van der Waals surface area contributed by atoms with Crippen molar-refractivity contribution in [1.29, 1.82) is 0 Å². The van der Waals surface area contributed by atoms with Gasteiger partial charge in [-0.05, 0) is 68.3 Å². The summed E-state index contributed by atoms with van der Waals surface area (Å²) in [6.45, 7) is 4.92. The summed E-state index contributed by atoms with van der Waals surface area (Å²) in [5.41, 5.74) is 3.81. The van der Waals surface area contributed by atoms with Crippen LogP contribution in [0.25, 0.3) is 0 Å². The number of piperidine rings is 1. The van der Waals surface area contributed by atoms with E-state index in [1.807, 2.05) is 0 Å². The summed E-state index contributed by atoms with van der Waals surface area (Å²) in [7, 11) is 2.25. The number of hydrogen-bond donors (Lipinski definition) is 0. The predicted octanol–water partition coefficient (Wildman–Crippen LogP) is 3.55. The smallest absolute Gasteiger partial charge is 0.00133 e. The molecule has 0 radical (unpaired) electrons. The Bertz CT molecular complexity index is 402. The van der Waals surface area contributed by atoms with Crippen LogP contribution in [0.5, 0.6) is 0 Å². The summed E-state index contributed by atoms with van der Waals surface area (Å²) in [6, 6.07) is 9.20. The first-order chi connectivity index (χ1) is 8.21. The molecule has 0 bridgehead atoms. The standard InChI is InChI=1S/C16H23N/c1-13-7-8-16(9-11-17(2)12-10-16)15-6-4-3-5-14(13)15/h3-6,13H,7-12H2,1-2H3. The highest BCUT2D eigenvalue weighted by molar-refractivity contribution is 5.39. The fourth-order valence-corrected chi connectivity index (χ4v) is 3.76. The number of fused-ring (bicyclic) bond motifs is 2. The lowest BCUT2D eigenvalue weighted by Gasteiger charge is -2.46. The Hall–Kier alpha value is -0.820. The Morgan fingerprint density at radius 2 is 1.82 bits per heavy atom. The first-order valence-electron chi connectivity index (χ1n) is 6.99. The highest BCUT2D eigenvalue weighted by Crippen LogP contribution is 2.48. The van der Waals surface area contributed by atoms with Gasteiger partial charge in [0.15, 0.2) is 0 Å². The minimum Gasteiger partial charge on any atom is -0.306 e. The van der Waals surface area contributed by atoms with Crippen LogP contribution < -0.4 is 0 Å². The molecule has 0 saturated carbocycles. The first-order valence-corrected chi connectivity index (χ1v) is 6.99. The normalized spacial score (nSPS) is 28.0. The minimum atomic E-state index is 0.510. The van der Waals surface area contributed by atoms with Crippen LogP contribution in [0.3, 0.4) is 0 Å². The van der Waals surface area contributed by atoms with E-state index < -0.39 is 0 Å². The number of likely N-dealkylation sites (tertiary alicyclic amines) is 1. The van der Waals surface area contributed by atoms with Crippen LogP contribution in [0, 0.1) is 0 Å². The Morgan fingerprint density at radius 3 is 2.59 bits per heavy atom. The number of rotatable bonds is 0. The molecule has 1 aliphatic carbocycles. The maximum Gasteiger partial charge on any atom is -0.00133 e. The van der Waals surface area contributed by atoms with Crippen LogP contribution in [-0.2, 0) is 5.41 Å². The molecular weight excluding hydrogens is 206 g/mol. The van der Waals surface area contributed by atoms with Gasteiger partial charge in [-0.1, -0.05) is 31.2 Å². The quantitative estimate of drug-likeness (QED) is 0.657. The minimum absolute atomic E-state index is 0.510. The van der Waals surface area contributed by atoms with Crippen molar-refractivity contribution in [3.63, 3.8) is 0 Å². The molecule has 1 unspecified atom stereocenters. The largest absolute Gasteiger partial charge is 0.306 e. The molecule has 0 N–H and O–H groups in total. The van der Waals surface area contributed by atoms with Gasteiger partial charge in [0.1, 0.15) is 0 Å². The molecule has 1 nitrogen and oxygen atoms in total. The van der Waals surface area contributed by atoms with E-state index in [9.17, 15) is 0 Å². The topological polar surface area (TPSA) is 3.24 Å². The Labute approximate surface area is 105 Å². The van der Waals surface area contributed by atoms with Gasteiger partial charge in [0, 0.05) is 0 Å². The monoisotopic (exact) mass is 229 g/mol. The maximum atomic E-state index is 2.48. The van der Waals surface area contributed by atoms with E-state index in [0.717, 1.165) is 5.92 Å². The summed E-state index contributed by atoms with van der Waals surface area (Å²) in [5.74, 6) is 0.761. The fourth-order valence-electron chi connectivity index (χ4n) is 3.76. The van der Waals surface area contributed by atoms with E-state index in [1.54, 1.807) is 11.1 Å². The Balaban J connectivity index is 2.00. The molecule has 1 aromatic carbocycles. The lowest BCUT2D eigenvalue weighted by atomic mass is 9.62. The fraction of sp³-hybridized carbons (Fsp3) is 0.625. The second-order valence-corrected chi connectivity index (χ2v) is 6.11. The molecule has 17 heavy (non-hydrogen) atoms. The van der Waals surface area contributed by atoms with Crippen molar-refractivity contribution in [1.82, 2.24) is 4.90 Å². The maximum absolute atomic E-state index is 2.48. The van der Waals surface area contributed by atoms with E-state index in [-0.39, 0.29) is 0 Å². The molecule has 1 atom stereocenters. The molecule has 1 fully saturated rings. The Morgan fingerprint density at radius 1 is 1.12 bits per heavy atom. The van der Waals surface area contributed by atoms with Crippen molar-refractivity contribution in [2.24, 2.45) is 0 Å². The van der Waals surface area contributed by atoms with Crippen molar-refractivity contribution in [3.8, 4) is 0 Å². The lowest BCUT2D eigenvalue weighted by Crippen LogP contribution is -2.43. The van der Waals surface area contributed by atoms with Gasteiger partial charge < -0.3 is 4.90 Å². The number of nitrogens with zero attached hydrogens (tertiary/aromatic N) is 1. The summed E-state index contributed by atoms with van der Waals surface area (Å²) < 4.78 is 0. The number of hydrogen-bond acceptors (Lipinski definition) is 1. The molecule has 1 saturated heterocycles. The van der Waals surface area contributed by atoms with Gasteiger partial charge in [0.2, 0.25) is 0 Å². The zero-order chi connectivity index (χ0) is 11.9. The molecule has 2 aliphatic rings. The van der Waals surface area contributed by atoms with E-state index in [2.05, 4.69) is 43.1 Å². The summed E-state index contributed by atoms with van der Waals surface area (Å²) in [6.07, 6.45) is 5.49. The molecular formula is C16H23N. The van der Waals surface area contributed by atoms with Crippen LogP contribution in [0.4, 0.5) is 0 Å². The Kier molecular flexibility index (Phi) is 2.74. The van der Waals surface area contributed by atoms with E-state index in [4.69, 9.17) is 0 Å². The van der Waals surface area contributed by atoms with Crippen LogP contribution in [0.1, 0.15) is 49.7 Å². The van der Waals surface area contributed by atoms with Gasteiger partial charge in [-0.15, -0.1) is 0 Å². The molecule has 0 amide bonds. The molecule has 1 heteroatoms. The summed E-state index contributed by atoms with van der Waals surface area (Å²) >= 11 is 0. The van der Waals surface area contributed by atoms with Crippen molar-refractivity contribution in [2.45, 2.75) is 43.9 Å². The van der Waals surface area contributed by atoms with Crippen LogP contribution in [0.2, 0.25) is 0 Å². The summed E-state index contributed by atoms with van der Waals surface area (Å²) in [4.78, 5) is 2.48. The molecule has 1 aliphatic heterocycles.